The normalized spacial score (nSPS) is 11.6. The van der Waals surface area contributed by atoms with Crippen molar-refractivity contribution in [3.05, 3.63) is 162 Å². The fraction of sp³-hybridized carbons (Fsp3) is 0.0909. The zero-order chi connectivity index (χ0) is 30.7. The van der Waals surface area contributed by atoms with Gasteiger partial charge in [0.15, 0.2) is 0 Å². The molecule has 0 atom stereocenters. The molecule has 216 valence electrons. The number of hydrogen-bond donors (Lipinski definition) is 0. The van der Waals surface area contributed by atoms with Gasteiger partial charge in [0.25, 0.3) is 0 Å². The van der Waals surface area contributed by atoms with Gasteiger partial charge in [-0.3, -0.25) is 0 Å². The van der Waals surface area contributed by atoms with E-state index < -0.39 is 0 Å². The average molecular weight is 578 g/mol. The number of nitrogens with zero attached hydrogens (tertiary/aromatic N) is 1. The van der Waals surface area contributed by atoms with E-state index in [9.17, 15) is 0 Å². The summed E-state index contributed by atoms with van der Waals surface area (Å²) in [6, 6.07) is 51.9. The third-order valence-electron chi connectivity index (χ3n) is 9.07. The summed E-state index contributed by atoms with van der Waals surface area (Å²) in [5, 5.41) is 10.1. The lowest BCUT2D eigenvalue weighted by atomic mass is 9.89. The minimum atomic E-state index is 1.18. The van der Waals surface area contributed by atoms with E-state index in [0.717, 1.165) is 0 Å². The molecule has 1 nitrogen and oxygen atoms in total. The first-order valence-corrected chi connectivity index (χ1v) is 15.8. The summed E-state index contributed by atoms with van der Waals surface area (Å²) >= 11 is 0. The Balaban J connectivity index is 1.49. The van der Waals surface area contributed by atoms with Gasteiger partial charge in [-0.15, -0.1) is 0 Å². The maximum Gasteiger partial charge on any atom is 0.0546 e. The lowest BCUT2D eigenvalue weighted by Gasteiger charge is -2.29. The van der Waals surface area contributed by atoms with Gasteiger partial charge < -0.3 is 4.90 Å². The second-order valence-electron chi connectivity index (χ2n) is 12.6. The number of hydrogen-bond acceptors (Lipinski definition) is 1. The summed E-state index contributed by atoms with van der Waals surface area (Å²) in [4.78, 5) is 2.46. The van der Waals surface area contributed by atoms with Crippen LogP contribution in [0.3, 0.4) is 0 Å². The van der Waals surface area contributed by atoms with E-state index in [2.05, 4.69) is 172 Å². The molecule has 1 heteroatoms. The van der Waals surface area contributed by atoms with Gasteiger partial charge in [-0.05, 0) is 141 Å². The van der Waals surface area contributed by atoms with Crippen LogP contribution < -0.4 is 4.90 Å². The Kier molecular flexibility index (Phi) is 6.43. The van der Waals surface area contributed by atoms with Crippen LogP contribution in [0, 0.1) is 27.7 Å². The van der Waals surface area contributed by atoms with Crippen LogP contribution in [0.4, 0.5) is 17.1 Å². The molecule has 0 N–H and O–H groups in total. The van der Waals surface area contributed by atoms with Crippen molar-refractivity contribution in [2.75, 3.05) is 4.90 Å². The molecule has 0 saturated carbocycles. The van der Waals surface area contributed by atoms with E-state index in [-0.39, 0.29) is 0 Å². The Hall–Kier alpha value is -5.40. The molecule has 0 aliphatic carbocycles. The molecule has 8 aromatic rings. The summed E-state index contributed by atoms with van der Waals surface area (Å²) < 4.78 is 0. The van der Waals surface area contributed by atoms with E-state index in [1.54, 1.807) is 0 Å². The van der Waals surface area contributed by atoms with Crippen molar-refractivity contribution >= 4 is 60.2 Å². The van der Waals surface area contributed by atoms with Gasteiger partial charge in [0.1, 0.15) is 0 Å². The van der Waals surface area contributed by atoms with Crippen molar-refractivity contribution in [2.45, 2.75) is 27.7 Å². The Bertz CT molecular complexity index is 2340. The number of fused-ring (bicyclic) bond motifs is 6. The molecule has 0 fully saturated rings. The Morgan fingerprint density at radius 2 is 0.889 bits per heavy atom. The van der Waals surface area contributed by atoms with Crippen LogP contribution in [0.5, 0.6) is 0 Å². The van der Waals surface area contributed by atoms with Crippen molar-refractivity contribution < 1.29 is 0 Å². The number of benzene rings is 8. The molecule has 0 aromatic heterocycles. The molecule has 0 saturated heterocycles. The summed E-state index contributed by atoms with van der Waals surface area (Å²) in [5.74, 6) is 0. The molecule has 8 rings (SSSR count). The zero-order valence-corrected chi connectivity index (χ0v) is 26.2. The topological polar surface area (TPSA) is 3.24 Å². The largest absolute Gasteiger partial charge is 0.310 e. The third kappa shape index (κ3) is 4.73. The van der Waals surface area contributed by atoms with Crippen molar-refractivity contribution in [3.8, 4) is 11.1 Å². The SMILES string of the molecule is Cc1cc(C)cc(N(c2cc(C)cc(C)c2)c2cc3cc(-c4ccc5ccccc5c4)c4ccccc4c3c3ccccc23)c1. The molecular weight excluding hydrogens is 542 g/mol. The van der Waals surface area contributed by atoms with Gasteiger partial charge in [-0.25, -0.2) is 0 Å². The molecule has 0 unspecified atom stereocenters. The molecule has 45 heavy (non-hydrogen) atoms. The standard InChI is InChI=1S/C44H35N/c1-28-19-29(2)22-36(21-28)45(37-23-30(3)20-31(4)24-37)43-27-35-26-42(34-18-17-32-11-5-6-12-33(32)25-34)38-13-7-9-15-40(38)44(35)41-16-10-8-14-39(41)43/h5-27H,1-4H3. The first-order valence-electron chi connectivity index (χ1n) is 15.8. The fourth-order valence-electron chi connectivity index (χ4n) is 7.33. The first-order chi connectivity index (χ1) is 21.9. The van der Waals surface area contributed by atoms with Gasteiger partial charge >= 0.3 is 0 Å². The maximum absolute atomic E-state index is 2.46. The molecule has 8 aromatic carbocycles. The number of anilines is 3. The molecule has 0 heterocycles. The summed E-state index contributed by atoms with van der Waals surface area (Å²) in [6.45, 7) is 8.76. The summed E-state index contributed by atoms with van der Waals surface area (Å²) in [5.41, 5.74) is 11.1. The Labute approximate surface area is 265 Å². The van der Waals surface area contributed by atoms with Crippen LogP contribution >= 0.6 is 0 Å². The average Bonchev–Trinajstić information content (AvgIpc) is 3.03. The highest BCUT2D eigenvalue weighted by atomic mass is 15.1. The lowest BCUT2D eigenvalue weighted by Crippen LogP contribution is -2.12. The molecule has 0 amide bonds. The highest BCUT2D eigenvalue weighted by Crippen LogP contribution is 2.46. The number of aryl methyl sites for hydroxylation is 4. The second-order valence-corrected chi connectivity index (χ2v) is 12.6. The molecule has 0 bridgehead atoms. The van der Waals surface area contributed by atoms with E-state index in [1.807, 2.05) is 0 Å². The van der Waals surface area contributed by atoms with Gasteiger partial charge in [0.05, 0.1) is 5.69 Å². The second kappa shape index (κ2) is 10.6. The third-order valence-corrected chi connectivity index (χ3v) is 9.07. The molecular formula is C44H35N. The summed E-state index contributed by atoms with van der Waals surface area (Å²) in [6.07, 6.45) is 0. The van der Waals surface area contributed by atoms with Crippen molar-refractivity contribution in [1.29, 1.82) is 0 Å². The van der Waals surface area contributed by atoms with Crippen LogP contribution in [-0.4, -0.2) is 0 Å². The highest BCUT2D eigenvalue weighted by Gasteiger charge is 2.20. The fourth-order valence-corrected chi connectivity index (χ4v) is 7.33. The first kappa shape index (κ1) is 27.2. The van der Waals surface area contributed by atoms with E-state index >= 15 is 0 Å². The minimum absolute atomic E-state index is 1.18. The minimum Gasteiger partial charge on any atom is -0.310 e. The lowest BCUT2D eigenvalue weighted by molar-refractivity contribution is 1.24. The quantitative estimate of drug-likeness (QED) is 0.188. The van der Waals surface area contributed by atoms with Crippen molar-refractivity contribution in [1.82, 2.24) is 0 Å². The van der Waals surface area contributed by atoms with Crippen molar-refractivity contribution in [2.24, 2.45) is 0 Å². The van der Waals surface area contributed by atoms with Gasteiger partial charge in [-0.2, -0.15) is 0 Å². The molecule has 0 aliphatic rings. The molecule has 0 radical (unpaired) electrons. The van der Waals surface area contributed by atoms with Crippen LogP contribution in [-0.2, 0) is 0 Å². The predicted octanol–water partition coefficient (Wildman–Crippen LogP) is 12.7. The smallest absolute Gasteiger partial charge is 0.0546 e. The predicted molar refractivity (Wildman–Crippen MR) is 196 cm³/mol. The monoisotopic (exact) mass is 577 g/mol. The van der Waals surface area contributed by atoms with Crippen molar-refractivity contribution in [3.63, 3.8) is 0 Å². The molecule has 0 aliphatic heterocycles. The maximum atomic E-state index is 2.46. The number of rotatable bonds is 4. The van der Waals surface area contributed by atoms with Crippen LogP contribution in [0.25, 0.3) is 54.2 Å². The Morgan fingerprint density at radius 3 is 1.51 bits per heavy atom. The van der Waals surface area contributed by atoms with Crippen LogP contribution in [0.15, 0.2) is 140 Å². The van der Waals surface area contributed by atoms with Crippen LogP contribution in [0.2, 0.25) is 0 Å². The van der Waals surface area contributed by atoms with E-state index in [1.165, 1.54) is 93.5 Å². The van der Waals surface area contributed by atoms with E-state index in [0.29, 0.717) is 0 Å². The molecule has 0 spiro atoms. The van der Waals surface area contributed by atoms with Gasteiger partial charge in [0.2, 0.25) is 0 Å². The van der Waals surface area contributed by atoms with E-state index in [4.69, 9.17) is 0 Å². The summed E-state index contributed by atoms with van der Waals surface area (Å²) in [7, 11) is 0. The zero-order valence-electron chi connectivity index (χ0n) is 26.2. The van der Waals surface area contributed by atoms with Gasteiger partial charge in [0, 0.05) is 16.8 Å². The van der Waals surface area contributed by atoms with Crippen LogP contribution in [0.1, 0.15) is 22.3 Å². The van der Waals surface area contributed by atoms with Gasteiger partial charge in [-0.1, -0.05) is 97.1 Å². The Morgan fingerprint density at radius 1 is 0.378 bits per heavy atom. The highest BCUT2D eigenvalue weighted by molar-refractivity contribution is 6.26.